The van der Waals surface area contributed by atoms with Crippen LogP contribution in [0.25, 0.3) is 0 Å². The van der Waals surface area contributed by atoms with Crippen molar-refractivity contribution in [2.24, 2.45) is 5.10 Å². The standard InChI is InChI=1S/C19H18BrClN2O6/c1-26-15-5-4-12(20)8-13(15)19(25)23-22-9-11-6-14(21)18(16(7-11)27-2)29-10-17(24)28-3/h4-9H,10H2,1-3H3,(H,23,25)/b22-9-. The molecule has 0 fully saturated rings. The molecular weight excluding hydrogens is 468 g/mol. The molecule has 0 heterocycles. The molecular formula is C19H18BrClN2O6. The van der Waals surface area contributed by atoms with E-state index in [9.17, 15) is 9.59 Å². The summed E-state index contributed by atoms with van der Waals surface area (Å²) in [5.74, 6) is -0.102. The van der Waals surface area contributed by atoms with Crippen molar-refractivity contribution in [3.63, 3.8) is 0 Å². The first kappa shape index (κ1) is 22.5. The van der Waals surface area contributed by atoms with E-state index in [4.69, 9.17) is 25.8 Å². The molecule has 0 spiro atoms. The van der Waals surface area contributed by atoms with Crippen molar-refractivity contribution >= 4 is 45.6 Å². The summed E-state index contributed by atoms with van der Waals surface area (Å²) in [7, 11) is 4.16. The van der Waals surface area contributed by atoms with E-state index >= 15 is 0 Å². The van der Waals surface area contributed by atoms with E-state index in [1.807, 2.05) is 0 Å². The lowest BCUT2D eigenvalue weighted by atomic mass is 10.2. The Bertz CT molecular complexity index is 935. The highest BCUT2D eigenvalue weighted by Crippen LogP contribution is 2.36. The first-order valence-corrected chi connectivity index (χ1v) is 9.30. The van der Waals surface area contributed by atoms with Crippen LogP contribution in [-0.2, 0) is 9.53 Å². The SMILES string of the molecule is COC(=O)COc1c(Cl)cc(/C=N\NC(=O)c2cc(Br)ccc2OC)cc1OC. The van der Waals surface area contributed by atoms with Crippen LogP contribution in [0.5, 0.6) is 17.2 Å². The van der Waals surface area contributed by atoms with E-state index in [-0.39, 0.29) is 17.4 Å². The number of carbonyl (C=O) groups is 2. The third-order valence-electron chi connectivity index (χ3n) is 3.60. The maximum Gasteiger partial charge on any atom is 0.343 e. The number of nitrogens with one attached hydrogen (secondary N) is 1. The van der Waals surface area contributed by atoms with Gasteiger partial charge in [-0.15, -0.1) is 0 Å². The van der Waals surface area contributed by atoms with Gasteiger partial charge in [0.1, 0.15) is 5.75 Å². The lowest BCUT2D eigenvalue weighted by Gasteiger charge is -2.12. The maximum absolute atomic E-state index is 12.3. The Balaban J connectivity index is 2.14. The number of rotatable bonds is 8. The summed E-state index contributed by atoms with van der Waals surface area (Å²) in [5, 5.41) is 4.14. The zero-order valence-corrected chi connectivity index (χ0v) is 18.2. The lowest BCUT2D eigenvalue weighted by Crippen LogP contribution is -2.18. The van der Waals surface area contributed by atoms with Crippen molar-refractivity contribution in [3.8, 4) is 17.2 Å². The van der Waals surface area contributed by atoms with E-state index in [2.05, 4.69) is 31.2 Å². The van der Waals surface area contributed by atoms with E-state index in [1.54, 1.807) is 30.3 Å². The monoisotopic (exact) mass is 484 g/mol. The minimum atomic E-state index is -0.556. The number of carbonyl (C=O) groups excluding carboxylic acids is 2. The highest BCUT2D eigenvalue weighted by molar-refractivity contribution is 9.10. The molecule has 0 atom stereocenters. The van der Waals surface area contributed by atoms with Crippen molar-refractivity contribution in [1.82, 2.24) is 5.43 Å². The van der Waals surface area contributed by atoms with Gasteiger partial charge < -0.3 is 18.9 Å². The van der Waals surface area contributed by atoms with Crippen LogP contribution in [0.3, 0.4) is 0 Å². The van der Waals surface area contributed by atoms with Crippen LogP contribution in [0.2, 0.25) is 5.02 Å². The molecule has 1 amide bonds. The third-order valence-corrected chi connectivity index (χ3v) is 4.37. The van der Waals surface area contributed by atoms with Gasteiger partial charge in [0, 0.05) is 4.47 Å². The van der Waals surface area contributed by atoms with Crippen LogP contribution in [0, 0.1) is 0 Å². The topological polar surface area (TPSA) is 95.5 Å². The molecule has 0 aliphatic carbocycles. The number of hydrogen-bond acceptors (Lipinski definition) is 7. The van der Waals surface area contributed by atoms with Crippen LogP contribution in [0.15, 0.2) is 39.9 Å². The second-order valence-corrected chi connectivity index (χ2v) is 6.77. The molecule has 8 nitrogen and oxygen atoms in total. The molecule has 2 rings (SSSR count). The summed E-state index contributed by atoms with van der Waals surface area (Å²) in [5.41, 5.74) is 3.28. The van der Waals surface area contributed by atoms with Crippen LogP contribution < -0.4 is 19.6 Å². The van der Waals surface area contributed by atoms with Gasteiger partial charge in [-0.2, -0.15) is 5.10 Å². The molecule has 0 aromatic heterocycles. The fourth-order valence-electron chi connectivity index (χ4n) is 2.23. The Hall–Kier alpha value is -2.78. The summed E-state index contributed by atoms with van der Waals surface area (Å²) in [4.78, 5) is 23.6. The molecule has 154 valence electrons. The number of nitrogens with zero attached hydrogens (tertiary/aromatic N) is 1. The van der Waals surface area contributed by atoms with E-state index < -0.39 is 11.9 Å². The zero-order valence-electron chi connectivity index (χ0n) is 15.8. The highest BCUT2D eigenvalue weighted by atomic mass is 79.9. The zero-order chi connectivity index (χ0) is 21.4. The van der Waals surface area contributed by atoms with Crippen LogP contribution in [0.1, 0.15) is 15.9 Å². The predicted molar refractivity (Wildman–Crippen MR) is 111 cm³/mol. The minimum Gasteiger partial charge on any atom is -0.496 e. The van der Waals surface area contributed by atoms with Crippen LogP contribution in [-0.4, -0.2) is 46.0 Å². The quantitative estimate of drug-likeness (QED) is 0.350. The molecule has 29 heavy (non-hydrogen) atoms. The van der Waals surface area contributed by atoms with Crippen LogP contribution in [0.4, 0.5) is 0 Å². The summed E-state index contributed by atoms with van der Waals surface area (Å²) in [6.45, 7) is -0.315. The predicted octanol–water partition coefficient (Wildman–Crippen LogP) is 3.44. The number of ether oxygens (including phenoxy) is 4. The molecule has 0 radical (unpaired) electrons. The van der Waals surface area contributed by atoms with Gasteiger partial charge in [-0.3, -0.25) is 4.79 Å². The lowest BCUT2D eigenvalue weighted by molar-refractivity contribution is -0.142. The number of benzene rings is 2. The number of esters is 1. The molecule has 0 bridgehead atoms. The number of hydrogen-bond donors (Lipinski definition) is 1. The number of halogens is 2. The number of amides is 1. The molecule has 2 aromatic rings. The summed E-state index contributed by atoms with van der Waals surface area (Å²) in [6.07, 6.45) is 1.39. The Kier molecular flexibility index (Phi) is 8.29. The van der Waals surface area contributed by atoms with Gasteiger partial charge in [0.15, 0.2) is 18.1 Å². The fourth-order valence-corrected chi connectivity index (χ4v) is 2.86. The Labute approximate surface area is 180 Å². The van der Waals surface area contributed by atoms with Gasteiger partial charge in [0.25, 0.3) is 5.91 Å². The molecule has 10 heteroatoms. The van der Waals surface area contributed by atoms with Gasteiger partial charge in [-0.25, -0.2) is 10.2 Å². The van der Waals surface area contributed by atoms with E-state index in [1.165, 1.54) is 27.5 Å². The van der Waals surface area contributed by atoms with Gasteiger partial charge in [0.2, 0.25) is 0 Å². The third kappa shape index (κ3) is 6.10. The molecule has 0 aliphatic rings. The molecule has 2 aromatic carbocycles. The summed E-state index contributed by atoms with van der Waals surface area (Å²) >= 11 is 9.52. The Morgan fingerprint density at radius 1 is 1.14 bits per heavy atom. The van der Waals surface area contributed by atoms with Crippen molar-refractivity contribution in [1.29, 1.82) is 0 Å². The Morgan fingerprint density at radius 2 is 1.86 bits per heavy atom. The first-order chi connectivity index (χ1) is 13.9. The maximum atomic E-state index is 12.3. The number of methoxy groups -OCH3 is 3. The van der Waals surface area contributed by atoms with E-state index in [0.29, 0.717) is 22.6 Å². The van der Waals surface area contributed by atoms with E-state index in [0.717, 1.165) is 4.47 Å². The first-order valence-electron chi connectivity index (χ1n) is 8.13. The largest absolute Gasteiger partial charge is 0.496 e. The molecule has 0 saturated carbocycles. The molecule has 0 saturated heterocycles. The van der Waals surface area contributed by atoms with Gasteiger partial charge >= 0.3 is 5.97 Å². The Morgan fingerprint density at radius 3 is 2.52 bits per heavy atom. The minimum absolute atomic E-state index is 0.194. The average molecular weight is 486 g/mol. The van der Waals surface area contributed by atoms with Crippen molar-refractivity contribution in [3.05, 3.63) is 51.0 Å². The highest BCUT2D eigenvalue weighted by Gasteiger charge is 2.14. The van der Waals surface area contributed by atoms with Crippen molar-refractivity contribution in [2.75, 3.05) is 27.9 Å². The smallest absolute Gasteiger partial charge is 0.343 e. The molecule has 0 aliphatic heterocycles. The normalized spacial score (nSPS) is 10.5. The van der Waals surface area contributed by atoms with Gasteiger partial charge in [-0.1, -0.05) is 27.5 Å². The number of hydrazone groups is 1. The molecule has 0 unspecified atom stereocenters. The fraction of sp³-hybridized carbons (Fsp3) is 0.211. The summed E-state index contributed by atoms with van der Waals surface area (Å²) < 4.78 is 21.0. The van der Waals surface area contributed by atoms with Crippen molar-refractivity contribution in [2.45, 2.75) is 0 Å². The van der Waals surface area contributed by atoms with Gasteiger partial charge in [-0.05, 0) is 35.9 Å². The average Bonchev–Trinajstić information content (AvgIpc) is 2.72. The second kappa shape index (κ2) is 10.7. The summed E-state index contributed by atoms with van der Waals surface area (Å²) in [6, 6.07) is 8.19. The second-order valence-electron chi connectivity index (χ2n) is 5.44. The molecule has 1 N–H and O–H groups in total. The van der Waals surface area contributed by atoms with Gasteiger partial charge in [0.05, 0.1) is 38.1 Å². The van der Waals surface area contributed by atoms with Crippen LogP contribution >= 0.6 is 27.5 Å². The van der Waals surface area contributed by atoms with Crippen molar-refractivity contribution < 1.29 is 28.5 Å².